The van der Waals surface area contributed by atoms with Crippen molar-refractivity contribution in [2.45, 2.75) is 6.92 Å². The number of pyridine rings is 1. The third kappa shape index (κ3) is 2.93. The zero-order chi connectivity index (χ0) is 13.8. The lowest BCUT2D eigenvalue weighted by molar-refractivity contribution is 0.102. The first kappa shape index (κ1) is 13.5. The van der Waals surface area contributed by atoms with Crippen LogP contribution in [0.1, 0.15) is 15.9 Å². The molecule has 0 fully saturated rings. The first-order chi connectivity index (χ1) is 9.13. The lowest BCUT2D eigenvalue weighted by Gasteiger charge is -2.11. The minimum atomic E-state index is -0.159. The van der Waals surface area contributed by atoms with E-state index in [1.54, 1.807) is 25.5 Å². The summed E-state index contributed by atoms with van der Waals surface area (Å²) in [6.45, 7) is 1.95. The van der Waals surface area contributed by atoms with Gasteiger partial charge in [-0.1, -0.05) is 22.0 Å². The fourth-order valence-corrected chi connectivity index (χ4v) is 2.09. The van der Waals surface area contributed by atoms with Crippen LogP contribution in [0.5, 0.6) is 0 Å². The van der Waals surface area contributed by atoms with E-state index in [9.17, 15) is 4.79 Å². The second kappa shape index (κ2) is 5.84. The number of nitrogens with zero attached hydrogens (tertiary/aromatic N) is 1. The van der Waals surface area contributed by atoms with Crippen molar-refractivity contribution in [1.82, 2.24) is 4.98 Å². The highest BCUT2D eigenvalue weighted by Crippen LogP contribution is 2.24. The molecule has 1 amide bonds. The zero-order valence-electron chi connectivity index (χ0n) is 10.7. The number of benzene rings is 1. The Morgan fingerprint density at radius 3 is 2.79 bits per heavy atom. The van der Waals surface area contributed by atoms with Gasteiger partial charge in [-0.05, 0) is 30.7 Å². The van der Waals surface area contributed by atoms with Gasteiger partial charge < -0.3 is 10.6 Å². The second-order valence-corrected chi connectivity index (χ2v) is 4.89. The van der Waals surface area contributed by atoms with E-state index in [0.717, 1.165) is 15.7 Å². The molecular formula is C14H14BrN3O. The van der Waals surface area contributed by atoms with Crippen molar-refractivity contribution in [3.05, 3.63) is 52.3 Å². The fourth-order valence-electron chi connectivity index (χ4n) is 1.72. The summed E-state index contributed by atoms with van der Waals surface area (Å²) in [5.74, 6) is -0.159. The van der Waals surface area contributed by atoms with Crippen LogP contribution in [0, 0.1) is 6.92 Å². The van der Waals surface area contributed by atoms with E-state index >= 15 is 0 Å². The highest BCUT2D eigenvalue weighted by atomic mass is 79.9. The third-order valence-corrected chi connectivity index (χ3v) is 3.71. The average molecular weight is 320 g/mol. The van der Waals surface area contributed by atoms with Gasteiger partial charge in [-0.3, -0.25) is 9.78 Å². The summed E-state index contributed by atoms with van der Waals surface area (Å²) >= 11 is 3.45. The van der Waals surface area contributed by atoms with Crippen LogP contribution in [-0.4, -0.2) is 17.9 Å². The summed E-state index contributed by atoms with van der Waals surface area (Å²) in [6, 6.07) is 7.39. The smallest absolute Gasteiger partial charge is 0.257 e. The fraction of sp³-hybridized carbons (Fsp3) is 0.143. The third-order valence-electron chi connectivity index (χ3n) is 2.85. The molecule has 4 nitrogen and oxygen atoms in total. The summed E-state index contributed by atoms with van der Waals surface area (Å²) < 4.78 is 0.967. The Morgan fingerprint density at radius 1 is 1.26 bits per heavy atom. The lowest BCUT2D eigenvalue weighted by atomic mass is 10.1. The molecule has 1 aromatic heterocycles. The van der Waals surface area contributed by atoms with Crippen LogP contribution < -0.4 is 10.6 Å². The van der Waals surface area contributed by atoms with Crippen LogP contribution >= 0.6 is 15.9 Å². The molecule has 0 unspecified atom stereocenters. The monoisotopic (exact) mass is 319 g/mol. The Hall–Kier alpha value is -1.88. The predicted molar refractivity (Wildman–Crippen MR) is 80.6 cm³/mol. The molecule has 0 aliphatic rings. The van der Waals surface area contributed by atoms with Crippen molar-refractivity contribution in [1.29, 1.82) is 0 Å². The molecule has 0 atom stereocenters. The van der Waals surface area contributed by atoms with Gasteiger partial charge in [0.2, 0.25) is 0 Å². The number of aromatic nitrogens is 1. The van der Waals surface area contributed by atoms with Crippen molar-refractivity contribution in [3.8, 4) is 0 Å². The Bertz CT molecular complexity index is 613. The van der Waals surface area contributed by atoms with Crippen molar-refractivity contribution in [2.75, 3.05) is 17.7 Å². The molecule has 1 aromatic carbocycles. The maximum atomic E-state index is 12.3. The highest BCUT2D eigenvalue weighted by Gasteiger charge is 2.12. The largest absolute Gasteiger partial charge is 0.386 e. The number of carbonyl (C=O) groups excluding carboxylic acids is 1. The average Bonchev–Trinajstić information content (AvgIpc) is 2.43. The minimum Gasteiger partial charge on any atom is -0.386 e. The number of amides is 1. The van der Waals surface area contributed by atoms with E-state index in [0.29, 0.717) is 11.3 Å². The SMILES string of the molecule is CNc1cnccc1C(=O)Nc1cccc(Br)c1C. The molecule has 2 N–H and O–H groups in total. The Balaban J connectivity index is 2.28. The van der Waals surface area contributed by atoms with Gasteiger partial charge in [0, 0.05) is 23.4 Å². The van der Waals surface area contributed by atoms with E-state index in [4.69, 9.17) is 0 Å². The first-order valence-corrected chi connectivity index (χ1v) is 6.61. The maximum Gasteiger partial charge on any atom is 0.257 e. The van der Waals surface area contributed by atoms with Crippen LogP contribution in [0.3, 0.4) is 0 Å². The maximum absolute atomic E-state index is 12.3. The molecule has 0 spiro atoms. The van der Waals surface area contributed by atoms with Crippen LogP contribution in [-0.2, 0) is 0 Å². The summed E-state index contributed by atoms with van der Waals surface area (Å²) in [6.07, 6.45) is 3.23. The molecule has 1 heterocycles. The number of nitrogens with one attached hydrogen (secondary N) is 2. The molecule has 0 bridgehead atoms. The van der Waals surface area contributed by atoms with E-state index in [2.05, 4.69) is 31.5 Å². The highest BCUT2D eigenvalue weighted by molar-refractivity contribution is 9.10. The number of rotatable bonds is 3. The number of anilines is 2. The first-order valence-electron chi connectivity index (χ1n) is 5.81. The quantitative estimate of drug-likeness (QED) is 0.911. The number of halogens is 1. The molecule has 2 aromatic rings. The van der Waals surface area contributed by atoms with Gasteiger partial charge in [0.05, 0.1) is 17.4 Å². The Kier molecular flexibility index (Phi) is 4.16. The van der Waals surface area contributed by atoms with Crippen LogP contribution in [0.2, 0.25) is 0 Å². The standard InChI is InChI=1S/C14H14BrN3O/c1-9-11(15)4-3-5-12(9)18-14(19)10-6-7-17-8-13(10)16-2/h3-8,16H,1-2H3,(H,18,19). The molecule has 98 valence electrons. The summed E-state index contributed by atoms with van der Waals surface area (Å²) in [7, 11) is 1.76. The molecule has 5 heteroatoms. The summed E-state index contributed by atoms with van der Waals surface area (Å²) in [5, 5.41) is 5.86. The van der Waals surface area contributed by atoms with Gasteiger partial charge in [0.1, 0.15) is 0 Å². The molecule has 0 aliphatic heterocycles. The molecule has 0 saturated heterocycles. The van der Waals surface area contributed by atoms with Crippen LogP contribution in [0.4, 0.5) is 11.4 Å². The van der Waals surface area contributed by atoms with Crippen LogP contribution in [0.15, 0.2) is 41.1 Å². The number of hydrogen-bond acceptors (Lipinski definition) is 3. The van der Waals surface area contributed by atoms with Crippen LogP contribution in [0.25, 0.3) is 0 Å². The van der Waals surface area contributed by atoms with Crippen molar-refractivity contribution < 1.29 is 4.79 Å². The molecule has 0 saturated carbocycles. The van der Waals surface area contributed by atoms with Gasteiger partial charge >= 0.3 is 0 Å². The van der Waals surface area contributed by atoms with Crippen molar-refractivity contribution >= 4 is 33.2 Å². The van der Waals surface area contributed by atoms with E-state index in [1.807, 2.05) is 25.1 Å². The normalized spacial score (nSPS) is 10.1. The zero-order valence-corrected chi connectivity index (χ0v) is 12.3. The van der Waals surface area contributed by atoms with Gasteiger partial charge in [-0.15, -0.1) is 0 Å². The van der Waals surface area contributed by atoms with Gasteiger partial charge in [-0.25, -0.2) is 0 Å². The molecule has 2 rings (SSSR count). The van der Waals surface area contributed by atoms with Gasteiger partial charge in [0.15, 0.2) is 0 Å². The lowest BCUT2D eigenvalue weighted by Crippen LogP contribution is -2.15. The minimum absolute atomic E-state index is 0.159. The molecule has 19 heavy (non-hydrogen) atoms. The van der Waals surface area contributed by atoms with E-state index in [-0.39, 0.29) is 5.91 Å². The second-order valence-electron chi connectivity index (χ2n) is 4.04. The molecule has 0 radical (unpaired) electrons. The molecule has 0 aliphatic carbocycles. The van der Waals surface area contributed by atoms with E-state index < -0.39 is 0 Å². The Labute approximate surface area is 120 Å². The van der Waals surface area contributed by atoms with E-state index in [1.165, 1.54) is 0 Å². The summed E-state index contributed by atoms with van der Waals surface area (Å²) in [4.78, 5) is 16.3. The van der Waals surface area contributed by atoms with Gasteiger partial charge in [0.25, 0.3) is 5.91 Å². The molecular weight excluding hydrogens is 306 g/mol. The van der Waals surface area contributed by atoms with Gasteiger partial charge in [-0.2, -0.15) is 0 Å². The Morgan fingerprint density at radius 2 is 2.05 bits per heavy atom. The topological polar surface area (TPSA) is 54.0 Å². The van der Waals surface area contributed by atoms with Crippen molar-refractivity contribution in [3.63, 3.8) is 0 Å². The number of carbonyl (C=O) groups is 1. The van der Waals surface area contributed by atoms with Crippen molar-refractivity contribution in [2.24, 2.45) is 0 Å². The predicted octanol–water partition coefficient (Wildman–Crippen LogP) is 3.45. The summed E-state index contributed by atoms with van der Waals surface area (Å²) in [5.41, 5.74) is 3.05. The number of hydrogen-bond donors (Lipinski definition) is 2.